The number of aliphatic hydroxyl groups excluding tert-OH is 2. The van der Waals surface area contributed by atoms with Gasteiger partial charge in [-0.2, -0.15) is 0 Å². The van der Waals surface area contributed by atoms with Crippen LogP contribution in [0.4, 0.5) is 0 Å². The quantitative estimate of drug-likeness (QED) is 0.661. The molecule has 2 heterocycles. The number of carbonyl (C=O) groups excluding carboxylic acids is 1. The predicted molar refractivity (Wildman–Crippen MR) is 98.1 cm³/mol. The number of amides is 1. The third-order valence-corrected chi connectivity index (χ3v) is 6.16. The van der Waals surface area contributed by atoms with Gasteiger partial charge in [-0.05, 0) is 30.0 Å². The molecule has 5 rings (SSSR count). The largest absolute Gasteiger partial charge is 0.464 e. The van der Waals surface area contributed by atoms with Crippen LogP contribution in [-0.2, 0) is 0 Å². The maximum Gasteiger partial charge on any atom is 0.270 e. The van der Waals surface area contributed by atoms with E-state index in [2.05, 4.69) is 10.3 Å². The molecular formula is C21H20N2O4. The number of hydrogen-bond donors (Lipinski definition) is 3. The zero-order chi connectivity index (χ0) is 18.5. The minimum Gasteiger partial charge on any atom is -0.464 e. The van der Waals surface area contributed by atoms with Gasteiger partial charge in [-0.1, -0.05) is 30.3 Å². The fourth-order valence-electron chi connectivity index (χ4n) is 4.97. The number of benzene rings is 1. The number of rotatable bonds is 3. The first-order valence-electron chi connectivity index (χ1n) is 9.19. The lowest BCUT2D eigenvalue weighted by Crippen LogP contribution is -2.51. The summed E-state index contributed by atoms with van der Waals surface area (Å²) in [6.07, 6.45) is 2.19. The molecule has 1 aromatic carbocycles. The van der Waals surface area contributed by atoms with Crippen LogP contribution in [0.1, 0.15) is 28.4 Å². The molecule has 6 heteroatoms. The van der Waals surface area contributed by atoms with Gasteiger partial charge in [0.05, 0.1) is 23.9 Å². The number of furan rings is 1. The summed E-state index contributed by atoms with van der Waals surface area (Å²) < 4.78 is 5.36. The Morgan fingerprint density at radius 1 is 1.07 bits per heavy atom. The molecule has 3 N–H and O–H groups in total. The molecule has 2 aliphatic carbocycles. The summed E-state index contributed by atoms with van der Waals surface area (Å²) in [5.41, 5.74) is 1.99. The zero-order valence-corrected chi connectivity index (χ0v) is 14.5. The number of fused-ring (bicyclic) bond motifs is 3. The number of nitrogens with one attached hydrogen (secondary N) is 1. The van der Waals surface area contributed by atoms with Crippen LogP contribution in [0.5, 0.6) is 0 Å². The van der Waals surface area contributed by atoms with E-state index in [1.807, 2.05) is 30.3 Å². The monoisotopic (exact) mass is 364 g/mol. The number of pyridine rings is 1. The van der Waals surface area contributed by atoms with Gasteiger partial charge in [-0.15, -0.1) is 0 Å². The summed E-state index contributed by atoms with van der Waals surface area (Å²) in [5, 5.41) is 24.6. The van der Waals surface area contributed by atoms with E-state index in [4.69, 9.17) is 4.42 Å². The molecule has 2 saturated carbocycles. The van der Waals surface area contributed by atoms with Gasteiger partial charge in [0.25, 0.3) is 5.91 Å². The summed E-state index contributed by atoms with van der Waals surface area (Å²) in [5.74, 6) is -0.581. The molecule has 2 aliphatic rings. The molecule has 0 unspecified atom stereocenters. The van der Waals surface area contributed by atoms with Crippen molar-refractivity contribution in [2.45, 2.75) is 30.6 Å². The van der Waals surface area contributed by atoms with Crippen molar-refractivity contribution < 1.29 is 19.4 Å². The van der Waals surface area contributed by atoms with Crippen LogP contribution in [-0.4, -0.2) is 39.4 Å². The molecule has 0 saturated heterocycles. The molecule has 138 valence electrons. The zero-order valence-electron chi connectivity index (χ0n) is 14.5. The molecule has 0 radical (unpaired) electrons. The van der Waals surface area contributed by atoms with Gasteiger partial charge in [0.15, 0.2) is 0 Å². The molecule has 6 atom stereocenters. The van der Waals surface area contributed by atoms with Crippen LogP contribution < -0.4 is 5.32 Å². The van der Waals surface area contributed by atoms with Crippen molar-refractivity contribution >= 4 is 16.9 Å². The lowest BCUT2D eigenvalue weighted by atomic mass is 9.77. The van der Waals surface area contributed by atoms with E-state index < -0.39 is 12.2 Å². The lowest BCUT2D eigenvalue weighted by molar-refractivity contribution is -0.0327. The van der Waals surface area contributed by atoms with E-state index in [0.29, 0.717) is 23.1 Å². The number of nitrogens with zero attached hydrogens (tertiary/aromatic N) is 1. The molecule has 3 aromatic rings. The second-order valence-corrected chi connectivity index (χ2v) is 7.47. The Kier molecular flexibility index (Phi) is 3.77. The molecule has 0 aliphatic heterocycles. The number of carbonyl (C=O) groups is 1. The van der Waals surface area contributed by atoms with Gasteiger partial charge in [0.2, 0.25) is 0 Å². The number of aliphatic hydroxyl groups is 2. The molecule has 1 amide bonds. The highest BCUT2D eigenvalue weighted by Crippen LogP contribution is 2.53. The Balaban J connectivity index is 1.49. The van der Waals surface area contributed by atoms with Crippen LogP contribution in [0.3, 0.4) is 0 Å². The summed E-state index contributed by atoms with van der Waals surface area (Å²) >= 11 is 0. The van der Waals surface area contributed by atoms with Crippen molar-refractivity contribution in [2.24, 2.45) is 11.8 Å². The van der Waals surface area contributed by atoms with Crippen molar-refractivity contribution in [3.8, 4) is 0 Å². The Hall–Kier alpha value is -2.70. The highest BCUT2D eigenvalue weighted by atomic mass is 16.3. The maximum atomic E-state index is 13.0. The predicted octanol–water partition coefficient (Wildman–Crippen LogP) is 2.08. The van der Waals surface area contributed by atoms with Crippen LogP contribution in [0.25, 0.3) is 11.0 Å². The lowest BCUT2D eigenvalue weighted by Gasteiger charge is -2.37. The van der Waals surface area contributed by atoms with Crippen LogP contribution in [0.2, 0.25) is 0 Å². The number of hydrogen-bond acceptors (Lipinski definition) is 5. The third kappa shape index (κ3) is 2.48. The van der Waals surface area contributed by atoms with Gasteiger partial charge < -0.3 is 19.9 Å². The Morgan fingerprint density at radius 3 is 2.67 bits per heavy atom. The molecule has 2 aromatic heterocycles. The smallest absolute Gasteiger partial charge is 0.270 e. The summed E-state index contributed by atoms with van der Waals surface area (Å²) in [6.45, 7) is 0. The van der Waals surface area contributed by atoms with Crippen LogP contribution in [0.15, 0.2) is 59.3 Å². The summed E-state index contributed by atoms with van der Waals surface area (Å²) in [4.78, 5) is 17.2. The van der Waals surface area contributed by atoms with Crippen molar-refractivity contribution in [2.75, 3.05) is 0 Å². The van der Waals surface area contributed by atoms with E-state index in [9.17, 15) is 15.0 Å². The fourth-order valence-corrected chi connectivity index (χ4v) is 4.97. The van der Waals surface area contributed by atoms with E-state index in [0.717, 1.165) is 5.56 Å². The maximum absolute atomic E-state index is 13.0. The minimum absolute atomic E-state index is 0.0397. The van der Waals surface area contributed by atoms with Crippen molar-refractivity contribution in [3.63, 3.8) is 0 Å². The SMILES string of the molecule is O=C(N[C@H]1[C@@H]2C[C@@H]([C@@H](O)[C@H]2O)[C@@H]1c1ccccc1)c1nccc2occc12. The summed E-state index contributed by atoms with van der Waals surface area (Å²) in [7, 11) is 0. The van der Waals surface area contributed by atoms with E-state index in [1.165, 1.54) is 6.26 Å². The van der Waals surface area contributed by atoms with Crippen LogP contribution >= 0.6 is 0 Å². The molecule has 2 fully saturated rings. The fraction of sp³-hybridized carbons (Fsp3) is 0.333. The molecule has 27 heavy (non-hydrogen) atoms. The Morgan fingerprint density at radius 2 is 1.85 bits per heavy atom. The third-order valence-electron chi connectivity index (χ3n) is 6.16. The average molecular weight is 364 g/mol. The molecule has 2 bridgehead atoms. The molecule has 6 nitrogen and oxygen atoms in total. The van der Waals surface area contributed by atoms with E-state index >= 15 is 0 Å². The normalized spacial score (nSPS) is 32.1. The summed E-state index contributed by atoms with van der Waals surface area (Å²) in [6, 6.07) is 13.1. The minimum atomic E-state index is -0.821. The first-order chi connectivity index (χ1) is 13.1. The first-order valence-corrected chi connectivity index (χ1v) is 9.19. The van der Waals surface area contributed by atoms with Gasteiger partial charge in [0, 0.05) is 24.1 Å². The number of aromatic nitrogens is 1. The van der Waals surface area contributed by atoms with Crippen molar-refractivity contribution in [3.05, 3.63) is 66.2 Å². The highest BCUT2D eigenvalue weighted by molar-refractivity contribution is 6.04. The average Bonchev–Trinajstić information content (AvgIpc) is 3.38. The van der Waals surface area contributed by atoms with Gasteiger partial charge in [-0.25, -0.2) is 0 Å². The Bertz CT molecular complexity index is 986. The Labute approximate surface area is 155 Å². The molecule has 0 spiro atoms. The van der Waals surface area contributed by atoms with Crippen molar-refractivity contribution in [1.82, 2.24) is 10.3 Å². The molecular weight excluding hydrogens is 344 g/mol. The second-order valence-electron chi connectivity index (χ2n) is 7.47. The highest BCUT2D eigenvalue weighted by Gasteiger charge is 2.58. The second kappa shape index (κ2) is 6.18. The van der Waals surface area contributed by atoms with E-state index in [1.54, 1.807) is 18.3 Å². The van der Waals surface area contributed by atoms with Crippen molar-refractivity contribution in [1.29, 1.82) is 0 Å². The van der Waals surface area contributed by atoms with Gasteiger partial charge >= 0.3 is 0 Å². The van der Waals surface area contributed by atoms with Gasteiger partial charge in [0.1, 0.15) is 11.3 Å². The van der Waals surface area contributed by atoms with Crippen LogP contribution in [0, 0.1) is 11.8 Å². The topological polar surface area (TPSA) is 95.6 Å². The van der Waals surface area contributed by atoms with Gasteiger partial charge in [-0.3, -0.25) is 9.78 Å². The standard InChI is InChI=1S/C21H20N2O4/c24-19-13-10-14(20(19)25)17(16(13)11-4-2-1-3-5-11)23-21(26)18-12-7-9-27-15(12)6-8-22-18/h1-9,13-14,16-17,19-20,24-25H,10H2,(H,23,26)/t13-,14+,16+,17+,19-,20+/m1/s1. The van der Waals surface area contributed by atoms with E-state index in [-0.39, 0.29) is 29.7 Å². The first kappa shape index (κ1) is 16.5.